The smallest absolute Gasteiger partial charge is 0.332 e. The molecule has 1 rings (SSSR count). The minimum absolute atomic E-state index is 0.00160. The maximum absolute atomic E-state index is 11.0. The molecule has 0 aromatic heterocycles. The number of ether oxygens (including phenoxy) is 3. The Morgan fingerprint density at radius 2 is 2.41 bits per heavy atom. The van der Waals surface area contributed by atoms with E-state index in [4.69, 9.17) is 19.3 Å². The molecule has 0 spiro atoms. The molecule has 0 saturated carbocycles. The van der Waals surface area contributed by atoms with Gasteiger partial charge in [0.1, 0.15) is 6.61 Å². The van der Waals surface area contributed by atoms with Crippen molar-refractivity contribution < 1.29 is 24.1 Å². The Morgan fingerprint density at radius 3 is 3.12 bits per heavy atom. The Balaban J connectivity index is 2.04. The van der Waals surface area contributed by atoms with Gasteiger partial charge in [0.05, 0.1) is 32.5 Å². The third kappa shape index (κ3) is 5.97. The van der Waals surface area contributed by atoms with Gasteiger partial charge in [-0.1, -0.05) is 0 Å². The van der Waals surface area contributed by atoms with Crippen LogP contribution in [0.4, 0.5) is 0 Å². The summed E-state index contributed by atoms with van der Waals surface area (Å²) in [6.07, 6.45) is -0.103. The predicted molar refractivity (Wildman–Crippen MR) is 60.7 cm³/mol. The molecule has 100 valence electrons. The summed E-state index contributed by atoms with van der Waals surface area (Å²) in [7, 11) is 0. The first-order valence-electron chi connectivity index (χ1n) is 5.94. The summed E-state index contributed by atoms with van der Waals surface area (Å²) < 4.78 is 15.3. The summed E-state index contributed by atoms with van der Waals surface area (Å²) >= 11 is 0. The fraction of sp³-hybridized carbons (Fsp3) is 0.909. The summed E-state index contributed by atoms with van der Waals surface area (Å²) in [6.45, 7) is 5.57. The SMILES string of the molecule is CCOC(=O)COCCN1CCOC(CO)C1. The number of carbonyl (C=O) groups is 1. The van der Waals surface area contributed by atoms with Crippen LogP contribution in [0.25, 0.3) is 0 Å². The molecule has 0 aliphatic carbocycles. The zero-order valence-electron chi connectivity index (χ0n) is 10.3. The van der Waals surface area contributed by atoms with Crippen LogP contribution in [0, 0.1) is 0 Å². The Bertz CT molecular complexity index is 224. The van der Waals surface area contributed by atoms with Crippen LogP contribution in [0.5, 0.6) is 0 Å². The molecule has 6 heteroatoms. The molecule has 17 heavy (non-hydrogen) atoms. The lowest BCUT2D eigenvalue weighted by molar-refractivity contribution is -0.148. The van der Waals surface area contributed by atoms with Gasteiger partial charge in [-0.3, -0.25) is 4.90 Å². The fourth-order valence-electron chi connectivity index (χ4n) is 1.65. The number of carbonyl (C=O) groups excluding carboxylic acids is 1. The highest BCUT2D eigenvalue weighted by Crippen LogP contribution is 2.03. The molecule has 6 nitrogen and oxygen atoms in total. The first-order chi connectivity index (χ1) is 8.26. The molecule has 0 amide bonds. The van der Waals surface area contributed by atoms with E-state index in [0.29, 0.717) is 26.4 Å². The Labute approximate surface area is 101 Å². The van der Waals surface area contributed by atoms with E-state index >= 15 is 0 Å². The summed E-state index contributed by atoms with van der Waals surface area (Å²) in [5.74, 6) is -0.331. The number of esters is 1. The molecule has 0 aromatic carbocycles. The molecule has 1 atom stereocenters. The third-order valence-electron chi connectivity index (χ3n) is 2.50. The van der Waals surface area contributed by atoms with Gasteiger partial charge in [-0.2, -0.15) is 0 Å². The predicted octanol–water partition coefficient (Wildman–Crippen LogP) is -0.741. The molecule has 1 unspecified atom stereocenters. The number of hydrogen-bond donors (Lipinski definition) is 1. The van der Waals surface area contributed by atoms with Crippen molar-refractivity contribution in [2.24, 2.45) is 0 Å². The van der Waals surface area contributed by atoms with E-state index in [2.05, 4.69) is 4.90 Å². The Hall–Kier alpha value is -0.690. The normalized spacial score (nSPS) is 21.4. The van der Waals surface area contributed by atoms with E-state index in [9.17, 15) is 4.79 Å². The zero-order valence-corrected chi connectivity index (χ0v) is 10.3. The molecular formula is C11H21NO5. The van der Waals surface area contributed by atoms with Crippen LogP contribution in [-0.2, 0) is 19.0 Å². The Morgan fingerprint density at radius 1 is 1.59 bits per heavy atom. The van der Waals surface area contributed by atoms with Crippen molar-refractivity contribution in [1.82, 2.24) is 4.90 Å². The molecule has 1 saturated heterocycles. The van der Waals surface area contributed by atoms with Crippen LogP contribution in [0.1, 0.15) is 6.92 Å². The number of aliphatic hydroxyl groups is 1. The molecule has 0 aromatic rings. The largest absolute Gasteiger partial charge is 0.464 e. The summed E-state index contributed by atoms with van der Waals surface area (Å²) in [5.41, 5.74) is 0. The zero-order chi connectivity index (χ0) is 12.5. The van der Waals surface area contributed by atoms with E-state index in [-0.39, 0.29) is 25.3 Å². The molecular weight excluding hydrogens is 226 g/mol. The third-order valence-corrected chi connectivity index (χ3v) is 2.50. The van der Waals surface area contributed by atoms with Gasteiger partial charge in [0.25, 0.3) is 0 Å². The molecule has 1 heterocycles. The number of hydrogen-bond acceptors (Lipinski definition) is 6. The number of aliphatic hydroxyl groups excluding tert-OH is 1. The second-order valence-electron chi connectivity index (χ2n) is 3.83. The first kappa shape index (κ1) is 14.4. The van der Waals surface area contributed by atoms with Gasteiger partial charge in [-0.15, -0.1) is 0 Å². The highest BCUT2D eigenvalue weighted by atomic mass is 16.6. The lowest BCUT2D eigenvalue weighted by atomic mass is 10.3. The second-order valence-corrected chi connectivity index (χ2v) is 3.83. The van der Waals surface area contributed by atoms with Crippen LogP contribution in [0.3, 0.4) is 0 Å². The minimum atomic E-state index is -0.331. The highest BCUT2D eigenvalue weighted by molar-refractivity contribution is 5.70. The lowest BCUT2D eigenvalue weighted by Gasteiger charge is -2.31. The molecule has 0 radical (unpaired) electrons. The van der Waals surface area contributed by atoms with Gasteiger partial charge in [0, 0.05) is 19.6 Å². The van der Waals surface area contributed by atoms with Gasteiger partial charge in [0.2, 0.25) is 0 Å². The van der Waals surface area contributed by atoms with Crippen LogP contribution < -0.4 is 0 Å². The standard InChI is InChI=1S/C11H21NO5/c1-2-16-11(14)9-15-5-3-12-4-6-17-10(7-12)8-13/h10,13H,2-9H2,1H3. The van der Waals surface area contributed by atoms with Crippen LogP contribution in [0.15, 0.2) is 0 Å². The van der Waals surface area contributed by atoms with Crippen molar-refractivity contribution in [3.63, 3.8) is 0 Å². The number of rotatable bonds is 7. The van der Waals surface area contributed by atoms with Crippen molar-refractivity contribution in [2.75, 3.05) is 52.7 Å². The van der Waals surface area contributed by atoms with Gasteiger partial charge in [0.15, 0.2) is 0 Å². The average Bonchev–Trinajstić information content (AvgIpc) is 2.35. The van der Waals surface area contributed by atoms with E-state index < -0.39 is 0 Å². The number of nitrogens with zero attached hydrogens (tertiary/aromatic N) is 1. The van der Waals surface area contributed by atoms with Crippen LogP contribution in [-0.4, -0.2) is 74.7 Å². The van der Waals surface area contributed by atoms with Crippen LogP contribution in [0.2, 0.25) is 0 Å². The van der Waals surface area contributed by atoms with Gasteiger partial charge in [-0.05, 0) is 6.92 Å². The van der Waals surface area contributed by atoms with Crippen molar-refractivity contribution in [2.45, 2.75) is 13.0 Å². The van der Waals surface area contributed by atoms with Crippen molar-refractivity contribution in [1.29, 1.82) is 0 Å². The summed E-state index contributed by atoms with van der Waals surface area (Å²) in [5, 5.41) is 8.97. The topological polar surface area (TPSA) is 68.2 Å². The molecule has 1 aliphatic heterocycles. The molecule has 0 bridgehead atoms. The van der Waals surface area contributed by atoms with Crippen LogP contribution >= 0.6 is 0 Å². The molecule has 1 fully saturated rings. The van der Waals surface area contributed by atoms with Gasteiger partial charge in [-0.25, -0.2) is 4.79 Å². The van der Waals surface area contributed by atoms with Crippen molar-refractivity contribution >= 4 is 5.97 Å². The summed E-state index contributed by atoms with van der Waals surface area (Å²) in [6, 6.07) is 0. The maximum Gasteiger partial charge on any atom is 0.332 e. The van der Waals surface area contributed by atoms with E-state index in [1.807, 2.05) is 0 Å². The number of morpholine rings is 1. The van der Waals surface area contributed by atoms with Crippen molar-refractivity contribution in [3.05, 3.63) is 0 Å². The van der Waals surface area contributed by atoms with Gasteiger partial charge >= 0.3 is 5.97 Å². The second kappa shape index (κ2) is 8.41. The van der Waals surface area contributed by atoms with E-state index in [0.717, 1.165) is 13.1 Å². The summed E-state index contributed by atoms with van der Waals surface area (Å²) in [4.78, 5) is 13.1. The van der Waals surface area contributed by atoms with Crippen molar-refractivity contribution in [3.8, 4) is 0 Å². The maximum atomic E-state index is 11.0. The lowest BCUT2D eigenvalue weighted by Crippen LogP contribution is -2.45. The van der Waals surface area contributed by atoms with E-state index in [1.165, 1.54) is 0 Å². The average molecular weight is 247 g/mol. The monoisotopic (exact) mass is 247 g/mol. The minimum Gasteiger partial charge on any atom is -0.464 e. The Kier molecular flexibility index (Phi) is 7.11. The fourth-order valence-corrected chi connectivity index (χ4v) is 1.65. The first-order valence-corrected chi connectivity index (χ1v) is 5.94. The van der Waals surface area contributed by atoms with Gasteiger partial charge < -0.3 is 19.3 Å². The molecule has 1 aliphatic rings. The highest BCUT2D eigenvalue weighted by Gasteiger charge is 2.19. The quantitative estimate of drug-likeness (QED) is 0.472. The molecule has 1 N–H and O–H groups in total. The van der Waals surface area contributed by atoms with E-state index in [1.54, 1.807) is 6.92 Å².